The number of rotatable bonds is 6. The first kappa shape index (κ1) is 20.5. The van der Waals surface area contributed by atoms with E-state index < -0.39 is 27.9 Å². The van der Waals surface area contributed by atoms with E-state index in [9.17, 15) is 18.0 Å². The van der Waals surface area contributed by atoms with Crippen LogP contribution in [0.5, 0.6) is 0 Å². The van der Waals surface area contributed by atoms with Gasteiger partial charge < -0.3 is 4.74 Å². The highest BCUT2D eigenvalue weighted by Crippen LogP contribution is 2.32. The van der Waals surface area contributed by atoms with E-state index in [1.54, 1.807) is 35.7 Å². The zero-order valence-electron chi connectivity index (χ0n) is 15.4. The number of thiophene rings is 1. The normalized spacial score (nSPS) is 22.8. The molecule has 1 aromatic heterocycles. The second-order valence-electron chi connectivity index (χ2n) is 6.91. The van der Waals surface area contributed by atoms with Gasteiger partial charge >= 0.3 is 0 Å². The molecule has 154 valence electrons. The molecule has 4 rings (SSSR count). The number of anilines is 1. The summed E-state index contributed by atoms with van der Waals surface area (Å²) in [6.07, 6.45) is 1.05. The summed E-state index contributed by atoms with van der Waals surface area (Å²) in [5, 5.41) is 2.14. The molecule has 0 spiro atoms. The Morgan fingerprint density at radius 1 is 1.21 bits per heavy atom. The van der Waals surface area contributed by atoms with Crippen LogP contribution in [0, 0.1) is 0 Å². The molecule has 0 radical (unpaired) electrons. The minimum Gasteiger partial charge on any atom is -0.377 e. The van der Waals surface area contributed by atoms with Crippen molar-refractivity contribution in [1.29, 1.82) is 0 Å². The molecular formula is C19H19ClN2O5S2. The molecule has 2 atom stereocenters. The Bertz CT molecular complexity index is 1000. The van der Waals surface area contributed by atoms with Crippen LogP contribution < -0.4 is 4.90 Å². The van der Waals surface area contributed by atoms with Gasteiger partial charge in [0.05, 0.1) is 18.2 Å². The van der Waals surface area contributed by atoms with Gasteiger partial charge in [0.2, 0.25) is 5.91 Å². The lowest BCUT2D eigenvalue weighted by atomic mass is 10.2. The molecule has 7 nitrogen and oxygen atoms in total. The third kappa shape index (κ3) is 3.97. The number of amides is 2. The molecule has 2 amide bonds. The zero-order chi connectivity index (χ0) is 20.6. The molecule has 29 heavy (non-hydrogen) atoms. The first-order valence-corrected chi connectivity index (χ1v) is 11.9. The lowest BCUT2D eigenvalue weighted by Gasteiger charge is -2.28. The third-order valence-corrected chi connectivity index (χ3v) is 8.52. The number of hydrogen-bond acceptors (Lipinski definition) is 6. The summed E-state index contributed by atoms with van der Waals surface area (Å²) in [7, 11) is -3.95. The summed E-state index contributed by atoms with van der Waals surface area (Å²) in [6, 6.07) is 8.34. The van der Waals surface area contributed by atoms with E-state index in [0.29, 0.717) is 23.7 Å². The number of sulfonamides is 1. The van der Waals surface area contributed by atoms with E-state index >= 15 is 0 Å². The van der Waals surface area contributed by atoms with E-state index in [1.165, 1.54) is 6.07 Å². The van der Waals surface area contributed by atoms with E-state index in [-0.39, 0.29) is 23.3 Å². The molecule has 2 saturated heterocycles. The van der Waals surface area contributed by atoms with Crippen molar-refractivity contribution in [3.05, 3.63) is 46.8 Å². The zero-order valence-corrected chi connectivity index (χ0v) is 17.8. The van der Waals surface area contributed by atoms with E-state index in [4.69, 9.17) is 16.3 Å². The molecule has 2 aliphatic rings. The molecule has 0 bridgehead atoms. The van der Waals surface area contributed by atoms with Gasteiger partial charge in [0.15, 0.2) is 0 Å². The average Bonchev–Trinajstić information content (AvgIpc) is 3.43. The lowest BCUT2D eigenvalue weighted by Crippen LogP contribution is -2.48. The van der Waals surface area contributed by atoms with Crippen LogP contribution in [0.15, 0.2) is 46.0 Å². The maximum atomic E-state index is 13.3. The van der Waals surface area contributed by atoms with Gasteiger partial charge in [0.1, 0.15) is 10.3 Å². The minimum absolute atomic E-state index is 0.0401. The van der Waals surface area contributed by atoms with E-state index in [1.807, 2.05) is 0 Å². The van der Waals surface area contributed by atoms with Gasteiger partial charge in [-0.15, -0.1) is 11.3 Å². The van der Waals surface area contributed by atoms with Crippen LogP contribution >= 0.6 is 22.9 Å². The predicted molar refractivity (Wildman–Crippen MR) is 110 cm³/mol. The number of benzene rings is 1. The Hall–Kier alpha value is -1.78. The fourth-order valence-corrected chi connectivity index (χ4v) is 6.47. The molecule has 10 heteroatoms. The second kappa shape index (κ2) is 8.16. The summed E-state index contributed by atoms with van der Waals surface area (Å²) >= 11 is 6.97. The summed E-state index contributed by atoms with van der Waals surface area (Å²) in [6.45, 7) is 0.602. The predicted octanol–water partition coefficient (Wildman–Crippen LogP) is 2.90. The number of hydrogen-bond donors (Lipinski definition) is 0. The molecule has 1 aromatic carbocycles. The number of carbonyl (C=O) groups excluding carboxylic acids is 2. The monoisotopic (exact) mass is 454 g/mol. The number of ether oxygens (including phenoxy) is 1. The topological polar surface area (TPSA) is 84.0 Å². The van der Waals surface area contributed by atoms with Crippen molar-refractivity contribution < 1.29 is 22.7 Å². The molecule has 0 aliphatic carbocycles. The number of imide groups is 1. The molecule has 2 aromatic rings. The van der Waals surface area contributed by atoms with E-state index in [2.05, 4.69) is 0 Å². The number of nitrogens with zero attached hydrogens (tertiary/aromatic N) is 2. The second-order valence-corrected chi connectivity index (χ2v) is 10.4. The lowest BCUT2D eigenvalue weighted by molar-refractivity contribution is -0.122. The minimum atomic E-state index is -3.95. The molecule has 2 fully saturated rings. The highest BCUT2D eigenvalue weighted by molar-refractivity contribution is 7.91. The van der Waals surface area contributed by atoms with Crippen LogP contribution in [0.3, 0.4) is 0 Å². The maximum Gasteiger partial charge on any atom is 0.253 e. The molecular weight excluding hydrogens is 436 g/mol. The Morgan fingerprint density at radius 3 is 2.59 bits per heavy atom. The SMILES string of the molecule is O=C1CC(N(CC2CCCO2)S(=O)(=O)c2cccs2)C(=O)N1c1ccc(Cl)cc1. The highest BCUT2D eigenvalue weighted by Gasteiger charge is 2.48. The van der Waals surface area contributed by atoms with Gasteiger partial charge in [-0.2, -0.15) is 4.31 Å². The highest BCUT2D eigenvalue weighted by atomic mass is 35.5. The standard InChI is InChI=1S/C19H19ClN2O5S2/c20-13-5-7-14(8-6-13)22-17(23)11-16(19(22)24)21(12-15-3-1-9-27-15)29(25,26)18-4-2-10-28-18/h2,4-8,10,15-16H,1,3,9,11-12H2. The quantitative estimate of drug-likeness (QED) is 0.626. The van der Waals surface area contributed by atoms with Crippen molar-refractivity contribution >= 4 is 50.5 Å². The first-order valence-electron chi connectivity index (χ1n) is 9.17. The number of halogens is 1. The molecule has 2 aliphatic heterocycles. The Morgan fingerprint density at radius 2 is 1.97 bits per heavy atom. The van der Waals surface area contributed by atoms with Crippen molar-refractivity contribution in [1.82, 2.24) is 4.31 Å². The fourth-order valence-electron chi connectivity index (χ4n) is 3.61. The summed E-state index contributed by atoms with van der Waals surface area (Å²) in [5.41, 5.74) is 0.373. The Kier molecular flexibility index (Phi) is 5.76. The smallest absolute Gasteiger partial charge is 0.253 e. The number of carbonyl (C=O) groups is 2. The van der Waals surface area contributed by atoms with E-state index in [0.717, 1.165) is 27.0 Å². The van der Waals surface area contributed by atoms with Crippen molar-refractivity contribution in [3.63, 3.8) is 0 Å². The fraction of sp³-hybridized carbons (Fsp3) is 0.368. The van der Waals surface area contributed by atoms with Crippen LogP contribution in [0.1, 0.15) is 19.3 Å². The van der Waals surface area contributed by atoms with Crippen LogP contribution in [0.2, 0.25) is 5.02 Å². The molecule has 0 saturated carbocycles. The summed E-state index contributed by atoms with van der Waals surface area (Å²) in [5.74, 6) is -1.00. The van der Waals surface area contributed by atoms with Gasteiger partial charge in [0.25, 0.3) is 15.9 Å². The van der Waals surface area contributed by atoms with Crippen molar-refractivity contribution in [3.8, 4) is 0 Å². The van der Waals surface area contributed by atoms with Gasteiger partial charge in [-0.1, -0.05) is 17.7 Å². The van der Waals surface area contributed by atoms with Crippen LogP contribution in [-0.2, 0) is 24.3 Å². The van der Waals surface area contributed by atoms with Crippen molar-refractivity contribution in [2.24, 2.45) is 0 Å². The largest absolute Gasteiger partial charge is 0.377 e. The van der Waals surface area contributed by atoms with Crippen molar-refractivity contribution in [2.45, 2.75) is 35.6 Å². The molecule has 0 N–H and O–H groups in total. The van der Waals surface area contributed by atoms with Gasteiger partial charge in [-0.25, -0.2) is 13.3 Å². The first-order chi connectivity index (χ1) is 13.9. The molecule has 3 heterocycles. The summed E-state index contributed by atoms with van der Waals surface area (Å²) in [4.78, 5) is 26.9. The van der Waals surface area contributed by atoms with Gasteiger partial charge in [-0.3, -0.25) is 9.59 Å². The summed E-state index contributed by atoms with van der Waals surface area (Å²) < 4.78 is 33.5. The maximum absolute atomic E-state index is 13.3. The van der Waals surface area contributed by atoms with Crippen LogP contribution in [0.4, 0.5) is 5.69 Å². The van der Waals surface area contributed by atoms with Crippen LogP contribution in [-0.4, -0.2) is 49.8 Å². The Balaban J connectivity index is 1.68. The van der Waals surface area contributed by atoms with Crippen molar-refractivity contribution in [2.75, 3.05) is 18.1 Å². The van der Waals surface area contributed by atoms with Gasteiger partial charge in [-0.05, 0) is 48.6 Å². The van der Waals surface area contributed by atoms with Crippen LogP contribution in [0.25, 0.3) is 0 Å². The average molecular weight is 455 g/mol. The third-order valence-electron chi connectivity index (χ3n) is 5.02. The molecule has 2 unspecified atom stereocenters. The Labute approximate surface area is 177 Å². The van der Waals surface area contributed by atoms with Gasteiger partial charge in [0, 0.05) is 18.2 Å².